The van der Waals surface area contributed by atoms with E-state index >= 15 is 0 Å². The van der Waals surface area contributed by atoms with Crippen LogP contribution in [0.4, 0.5) is 0 Å². The third kappa shape index (κ3) is 4.00. The van der Waals surface area contributed by atoms with E-state index in [1.165, 1.54) is 0 Å². The molecule has 0 aliphatic carbocycles. The highest BCUT2D eigenvalue weighted by atomic mass is 13.7. The Morgan fingerprint density at radius 2 is 2.80 bits per heavy atom. The van der Waals surface area contributed by atoms with E-state index < -0.39 is 6.85 Å². The maximum atomic E-state index is 7.01. The average molecular weight is 76.2 g/mol. The van der Waals surface area contributed by atoms with Crippen molar-refractivity contribution in [1.82, 2.24) is 0 Å². The zero-order valence-corrected chi connectivity index (χ0v) is 3.49. The Hall–Kier alpha value is 0. The molecule has 0 aromatic rings. The third-order valence-electron chi connectivity index (χ3n) is 0.433. The maximum absolute atomic E-state index is 7.01. The molecule has 5 heavy (non-hydrogen) atoms. The van der Waals surface area contributed by atoms with Crippen LogP contribution >= 0.6 is 0 Å². The summed E-state index contributed by atoms with van der Waals surface area (Å²) in [5.74, 6) is 0. The summed E-state index contributed by atoms with van der Waals surface area (Å²) in [5, 5.41) is 0. The zero-order chi connectivity index (χ0) is 7.49. The molecule has 0 heterocycles. The summed E-state index contributed by atoms with van der Waals surface area (Å²) in [5.41, 5.74) is 0. The molecule has 0 nitrogen and oxygen atoms in total. The van der Waals surface area contributed by atoms with Crippen LogP contribution in [0.3, 0.4) is 0 Å². The molecule has 32 valence electrons. The quantitative estimate of drug-likeness (QED) is 0.473. The van der Waals surface area contributed by atoms with E-state index in [1.54, 1.807) is 6.92 Å². The molecule has 0 aromatic carbocycles. The molecule has 0 fully saturated rings. The minimum atomic E-state index is -1.84. The first-order chi connectivity index (χ1) is 3.92. The van der Waals surface area contributed by atoms with Gasteiger partial charge in [-0.05, 0) is 0 Å². The predicted molar refractivity (Wildman–Crippen MR) is 25.2 cm³/mol. The smallest absolute Gasteiger partial charge is 0.0264 e. The topological polar surface area (TPSA) is 0 Å². The van der Waals surface area contributed by atoms with Crippen molar-refractivity contribution in [3.63, 3.8) is 0 Å². The highest BCUT2D eigenvalue weighted by Crippen LogP contribution is 1.88. The molecule has 1 atom stereocenters. The van der Waals surface area contributed by atoms with E-state index in [0.717, 1.165) is 0 Å². The van der Waals surface area contributed by atoms with Crippen molar-refractivity contribution >= 4 is 0 Å². The Morgan fingerprint density at radius 3 is 3.00 bits per heavy atom. The van der Waals surface area contributed by atoms with Gasteiger partial charge in [0.25, 0.3) is 0 Å². The molecule has 0 rings (SSSR count). The molecule has 0 aromatic heterocycles. The first kappa shape index (κ1) is 1.25. The lowest BCUT2D eigenvalue weighted by molar-refractivity contribution is 0.772. The molecular formula is C5H12. The molecular weight excluding hydrogens is 60.1 g/mol. The molecule has 0 radical (unpaired) electrons. The molecule has 0 amide bonds. The summed E-state index contributed by atoms with van der Waals surface area (Å²) in [7, 11) is 0. The van der Waals surface area contributed by atoms with Crippen molar-refractivity contribution in [2.75, 3.05) is 0 Å². The van der Waals surface area contributed by atoms with E-state index in [0.29, 0.717) is 6.42 Å². The van der Waals surface area contributed by atoms with Crippen molar-refractivity contribution in [2.24, 2.45) is 0 Å². The SMILES string of the molecule is [2H]C(C)CCC([2H])([2H])[2H]. The highest BCUT2D eigenvalue weighted by molar-refractivity contribution is 4.24. The van der Waals surface area contributed by atoms with Crippen LogP contribution < -0.4 is 0 Å². The fraction of sp³-hybridized carbons (Fsp3) is 1.00. The normalized spacial score (nSPS) is 29.0. The van der Waals surface area contributed by atoms with Crippen LogP contribution in [0.1, 0.15) is 38.5 Å². The van der Waals surface area contributed by atoms with Crippen LogP contribution in [0.2, 0.25) is 0 Å². The van der Waals surface area contributed by atoms with E-state index in [9.17, 15) is 0 Å². The molecule has 0 bridgehead atoms. The van der Waals surface area contributed by atoms with Crippen LogP contribution in [-0.2, 0) is 0 Å². The monoisotopic (exact) mass is 76.1 g/mol. The lowest BCUT2D eigenvalue weighted by Crippen LogP contribution is -1.59. The summed E-state index contributed by atoms with van der Waals surface area (Å²) in [6.45, 7) is -0.138. The van der Waals surface area contributed by atoms with Gasteiger partial charge in [-0.25, -0.2) is 0 Å². The first-order valence-corrected chi connectivity index (χ1v) is 1.84. The van der Waals surface area contributed by atoms with Crippen LogP contribution in [0.5, 0.6) is 0 Å². The summed E-state index contributed by atoms with van der Waals surface area (Å²) < 4.78 is 27.3. The molecule has 0 saturated heterocycles. The second kappa shape index (κ2) is 4.00. The van der Waals surface area contributed by atoms with Crippen molar-refractivity contribution in [3.05, 3.63) is 0 Å². The van der Waals surface area contributed by atoms with Crippen molar-refractivity contribution in [2.45, 2.75) is 33.0 Å². The summed E-state index contributed by atoms with van der Waals surface area (Å²) in [4.78, 5) is 0. The van der Waals surface area contributed by atoms with E-state index in [1.807, 2.05) is 0 Å². The first-order valence-electron chi connectivity index (χ1n) is 3.92. The van der Waals surface area contributed by atoms with Gasteiger partial charge in [-0.3, -0.25) is 0 Å². The Morgan fingerprint density at radius 1 is 2.00 bits per heavy atom. The number of hydrogen-bond acceptors (Lipinski definition) is 0. The highest BCUT2D eigenvalue weighted by Gasteiger charge is 1.68. The maximum Gasteiger partial charge on any atom is 0.0264 e. The molecule has 0 spiro atoms. The van der Waals surface area contributed by atoms with E-state index in [-0.39, 0.29) is 12.8 Å². The second-order valence-electron chi connectivity index (χ2n) is 0.947. The summed E-state index contributed by atoms with van der Waals surface area (Å²) in [6, 6.07) is 0. The van der Waals surface area contributed by atoms with E-state index in [4.69, 9.17) is 5.48 Å². The molecule has 0 aliphatic heterocycles. The van der Waals surface area contributed by atoms with Crippen LogP contribution in [0.25, 0.3) is 0 Å². The van der Waals surface area contributed by atoms with Gasteiger partial charge in [-0.15, -0.1) is 0 Å². The lowest BCUT2D eigenvalue weighted by Gasteiger charge is -1.79. The Bertz CT molecular complexity index is 73.5. The van der Waals surface area contributed by atoms with Crippen molar-refractivity contribution in [1.29, 1.82) is 0 Å². The van der Waals surface area contributed by atoms with Gasteiger partial charge in [-0.2, -0.15) is 0 Å². The number of hydrogen-bond donors (Lipinski definition) is 0. The van der Waals surface area contributed by atoms with Gasteiger partial charge in [0, 0.05) is 5.48 Å². The molecule has 0 N–H and O–H groups in total. The van der Waals surface area contributed by atoms with Gasteiger partial charge >= 0.3 is 0 Å². The second-order valence-corrected chi connectivity index (χ2v) is 0.947. The van der Waals surface area contributed by atoms with Crippen molar-refractivity contribution in [3.8, 4) is 0 Å². The van der Waals surface area contributed by atoms with Gasteiger partial charge in [0.05, 0.1) is 0 Å². The van der Waals surface area contributed by atoms with Crippen molar-refractivity contribution < 1.29 is 5.48 Å². The van der Waals surface area contributed by atoms with Crippen LogP contribution in [0, 0.1) is 0 Å². The average Bonchev–Trinajstić information content (AvgIpc) is 1.59. The van der Waals surface area contributed by atoms with Gasteiger partial charge in [0.1, 0.15) is 0 Å². The third-order valence-corrected chi connectivity index (χ3v) is 0.433. The Labute approximate surface area is 39.8 Å². The Balaban J connectivity index is 3.28. The van der Waals surface area contributed by atoms with Gasteiger partial charge in [0.15, 0.2) is 0 Å². The molecule has 0 saturated carbocycles. The molecule has 0 aliphatic rings. The summed E-state index contributed by atoms with van der Waals surface area (Å²) >= 11 is 0. The minimum absolute atomic E-state index is 0.164. The number of rotatable bonds is 2. The Kier molecular flexibility index (Phi) is 1.00. The fourth-order valence-electron chi connectivity index (χ4n) is 0.144. The minimum Gasteiger partial charge on any atom is -0.0654 e. The van der Waals surface area contributed by atoms with Gasteiger partial charge < -0.3 is 0 Å². The molecule has 1 unspecified atom stereocenters. The zero-order valence-electron chi connectivity index (χ0n) is 7.49. The summed E-state index contributed by atoms with van der Waals surface area (Å²) in [6.07, 6.45) is 0.388. The van der Waals surface area contributed by atoms with Crippen LogP contribution in [0.15, 0.2) is 0 Å². The molecule has 0 heteroatoms. The standard InChI is InChI=1S/C5H12/c1-3-5-4-2/h3-5H2,1-2H3/i1D3,4D. The largest absolute Gasteiger partial charge is 0.0654 e. The predicted octanol–water partition coefficient (Wildman–Crippen LogP) is 2.20. The van der Waals surface area contributed by atoms with E-state index in [2.05, 4.69) is 0 Å². The fourth-order valence-corrected chi connectivity index (χ4v) is 0.144. The lowest BCUT2D eigenvalue weighted by atomic mass is 10.3. The van der Waals surface area contributed by atoms with Crippen LogP contribution in [-0.4, -0.2) is 0 Å². The van der Waals surface area contributed by atoms with Gasteiger partial charge in [-0.1, -0.05) is 33.0 Å². The van der Waals surface area contributed by atoms with Gasteiger partial charge in [0.2, 0.25) is 0 Å².